The van der Waals surface area contributed by atoms with Crippen molar-refractivity contribution >= 4 is 28.9 Å². The molecule has 0 heterocycles. The van der Waals surface area contributed by atoms with Crippen LogP contribution < -0.4 is 11.1 Å². The monoisotopic (exact) mass is 269 g/mol. The van der Waals surface area contributed by atoms with Gasteiger partial charge in [0.1, 0.15) is 0 Å². The Morgan fingerprint density at radius 1 is 1.50 bits per heavy atom. The first-order valence-electron chi connectivity index (χ1n) is 6.06. The van der Waals surface area contributed by atoms with E-state index in [9.17, 15) is 4.79 Å². The number of amides is 1. The van der Waals surface area contributed by atoms with Crippen LogP contribution in [0.3, 0.4) is 0 Å². The fourth-order valence-electron chi connectivity index (χ4n) is 1.51. The van der Waals surface area contributed by atoms with Gasteiger partial charge in [0, 0.05) is 12.1 Å². The molecule has 1 aromatic rings. The lowest BCUT2D eigenvalue weighted by atomic mass is 10.2. The molecule has 0 saturated heterocycles. The molecule has 0 aliphatic heterocycles. The summed E-state index contributed by atoms with van der Waals surface area (Å²) in [6.07, 6.45) is 1.33. The molecule has 100 valence electrons. The number of nitrogens with zero attached hydrogens (tertiary/aromatic N) is 1. The molecule has 5 heteroatoms. The highest BCUT2D eigenvalue weighted by atomic mass is 35.5. The highest BCUT2D eigenvalue weighted by Crippen LogP contribution is 2.24. The molecule has 0 aliphatic rings. The summed E-state index contributed by atoms with van der Waals surface area (Å²) in [6.45, 7) is 4.00. The number of nitrogen functional groups attached to an aromatic ring is 1. The number of hydrogen-bond acceptors (Lipinski definition) is 3. The molecule has 0 unspecified atom stereocenters. The average molecular weight is 270 g/mol. The van der Waals surface area contributed by atoms with Crippen molar-refractivity contribution in [1.29, 1.82) is 0 Å². The van der Waals surface area contributed by atoms with Crippen molar-refractivity contribution in [3.63, 3.8) is 0 Å². The third kappa shape index (κ3) is 4.94. The van der Waals surface area contributed by atoms with Crippen LogP contribution in [0.2, 0.25) is 5.02 Å². The molecule has 18 heavy (non-hydrogen) atoms. The minimum Gasteiger partial charge on any atom is -0.399 e. The van der Waals surface area contributed by atoms with Crippen molar-refractivity contribution in [2.24, 2.45) is 0 Å². The third-order valence-electron chi connectivity index (χ3n) is 2.75. The molecule has 1 aromatic carbocycles. The zero-order chi connectivity index (χ0) is 13.5. The smallest absolute Gasteiger partial charge is 0.224 e. The van der Waals surface area contributed by atoms with Gasteiger partial charge in [-0.25, -0.2) is 0 Å². The highest BCUT2D eigenvalue weighted by molar-refractivity contribution is 6.34. The first-order valence-corrected chi connectivity index (χ1v) is 6.44. The van der Waals surface area contributed by atoms with Crippen LogP contribution in [-0.2, 0) is 4.79 Å². The van der Waals surface area contributed by atoms with E-state index in [0.717, 1.165) is 19.5 Å². The fourth-order valence-corrected chi connectivity index (χ4v) is 1.75. The Kier molecular flexibility index (Phi) is 5.95. The minimum atomic E-state index is -0.0221. The van der Waals surface area contributed by atoms with Crippen LogP contribution in [0.1, 0.15) is 19.8 Å². The molecular weight excluding hydrogens is 250 g/mol. The molecule has 0 fully saturated rings. The number of anilines is 2. The Labute approximate surface area is 113 Å². The van der Waals surface area contributed by atoms with E-state index in [1.807, 2.05) is 7.05 Å². The van der Waals surface area contributed by atoms with Crippen molar-refractivity contribution < 1.29 is 4.79 Å². The number of nitrogens with two attached hydrogens (primary N) is 1. The molecule has 1 amide bonds. The molecule has 4 nitrogen and oxygen atoms in total. The van der Waals surface area contributed by atoms with Gasteiger partial charge >= 0.3 is 0 Å². The van der Waals surface area contributed by atoms with E-state index in [2.05, 4.69) is 17.1 Å². The van der Waals surface area contributed by atoms with Crippen LogP contribution in [0, 0.1) is 0 Å². The zero-order valence-corrected chi connectivity index (χ0v) is 11.6. The zero-order valence-electron chi connectivity index (χ0n) is 10.9. The van der Waals surface area contributed by atoms with Crippen LogP contribution in [0.25, 0.3) is 0 Å². The summed E-state index contributed by atoms with van der Waals surface area (Å²) in [4.78, 5) is 13.9. The van der Waals surface area contributed by atoms with Crippen molar-refractivity contribution in [1.82, 2.24) is 4.90 Å². The molecule has 0 saturated carbocycles. The summed E-state index contributed by atoms with van der Waals surface area (Å²) in [5, 5.41) is 3.25. The van der Waals surface area contributed by atoms with Gasteiger partial charge in [0.15, 0.2) is 0 Å². The lowest BCUT2D eigenvalue weighted by molar-refractivity contribution is -0.116. The van der Waals surface area contributed by atoms with Gasteiger partial charge in [0.25, 0.3) is 0 Å². The van der Waals surface area contributed by atoms with Crippen LogP contribution in [0.4, 0.5) is 11.4 Å². The van der Waals surface area contributed by atoms with Gasteiger partial charge in [-0.05, 0) is 44.8 Å². The van der Waals surface area contributed by atoms with Crippen molar-refractivity contribution in [2.45, 2.75) is 19.8 Å². The van der Waals surface area contributed by atoms with E-state index < -0.39 is 0 Å². The number of nitrogens with one attached hydrogen (secondary N) is 1. The Hall–Kier alpha value is -1.26. The first-order chi connectivity index (χ1) is 8.52. The Bertz CT molecular complexity index is 409. The standard InChI is InChI=1S/C13H20ClN3O/c1-3-17(2)8-4-5-13(18)16-12-7-6-10(15)9-11(12)14/h6-7,9H,3-5,8,15H2,1-2H3,(H,16,18). The molecular formula is C13H20ClN3O. The number of halogens is 1. The Morgan fingerprint density at radius 3 is 2.83 bits per heavy atom. The van der Waals surface area contributed by atoms with Crippen LogP contribution >= 0.6 is 11.6 Å². The molecule has 0 atom stereocenters. The number of rotatable bonds is 6. The topological polar surface area (TPSA) is 58.4 Å². The van der Waals surface area contributed by atoms with Crippen LogP contribution in [0.15, 0.2) is 18.2 Å². The molecule has 0 radical (unpaired) electrons. The van der Waals surface area contributed by atoms with E-state index in [1.165, 1.54) is 0 Å². The van der Waals surface area contributed by atoms with Gasteiger partial charge in [-0.15, -0.1) is 0 Å². The van der Waals surface area contributed by atoms with E-state index >= 15 is 0 Å². The molecule has 0 aromatic heterocycles. The van der Waals surface area contributed by atoms with Gasteiger partial charge in [-0.1, -0.05) is 18.5 Å². The number of carbonyl (C=O) groups is 1. The molecule has 1 rings (SSSR count). The second-order valence-electron chi connectivity index (χ2n) is 4.29. The summed E-state index contributed by atoms with van der Waals surface area (Å²) in [6, 6.07) is 5.06. The third-order valence-corrected chi connectivity index (χ3v) is 3.06. The maximum Gasteiger partial charge on any atom is 0.224 e. The predicted molar refractivity (Wildman–Crippen MR) is 76.9 cm³/mol. The van der Waals surface area contributed by atoms with Crippen LogP contribution in [-0.4, -0.2) is 30.9 Å². The highest BCUT2D eigenvalue weighted by Gasteiger charge is 2.06. The van der Waals surface area contributed by atoms with Crippen LogP contribution in [0.5, 0.6) is 0 Å². The van der Waals surface area contributed by atoms with Gasteiger partial charge in [-0.2, -0.15) is 0 Å². The quantitative estimate of drug-likeness (QED) is 0.781. The Balaban J connectivity index is 2.40. The van der Waals surface area contributed by atoms with E-state index in [0.29, 0.717) is 22.8 Å². The van der Waals surface area contributed by atoms with E-state index in [-0.39, 0.29) is 5.91 Å². The van der Waals surface area contributed by atoms with Crippen molar-refractivity contribution in [3.8, 4) is 0 Å². The molecule has 0 spiro atoms. The number of hydrogen-bond donors (Lipinski definition) is 2. The molecule has 0 aliphatic carbocycles. The average Bonchev–Trinajstić information content (AvgIpc) is 2.32. The Morgan fingerprint density at radius 2 is 2.22 bits per heavy atom. The fraction of sp³-hybridized carbons (Fsp3) is 0.462. The lowest BCUT2D eigenvalue weighted by Gasteiger charge is -2.13. The molecule has 0 bridgehead atoms. The SMILES string of the molecule is CCN(C)CCCC(=O)Nc1ccc(N)cc1Cl. The summed E-state index contributed by atoms with van der Waals surface area (Å²) in [7, 11) is 2.04. The summed E-state index contributed by atoms with van der Waals surface area (Å²) >= 11 is 5.98. The second kappa shape index (κ2) is 7.24. The summed E-state index contributed by atoms with van der Waals surface area (Å²) < 4.78 is 0. The van der Waals surface area contributed by atoms with Crippen molar-refractivity contribution in [2.75, 3.05) is 31.2 Å². The number of benzene rings is 1. The maximum atomic E-state index is 11.7. The summed E-state index contributed by atoms with van der Waals surface area (Å²) in [5.41, 5.74) is 6.78. The van der Waals surface area contributed by atoms with Crippen molar-refractivity contribution in [3.05, 3.63) is 23.2 Å². The van der Waals surface area contributed by atoms with Gasteiger partial charge in [0.2, 0.25) is 5.91 Å². The van der Waals surface area contributed by atoms with E-state index in [1.54, 1.807) is 18.2 Å². The first kappa shape index (κ1) is 14.8. The van der Waals surface area contributed by atoms with Gasteiger partial charge < -0.3 is 16.0 Å². The predicted octanol–water partition coefficient (Wildman–Crippen LogP) is 2.59. The molecule has 3 N–H and O–H groups in total. The largest absolute Gasteiger partial charge is 0.399 e. The number of carbonyl (C=O) groups excluding carboxylic acids is 1. The minimum absolute atomic E-state index is 0.0221. The van der Waals surface area contributed by atoms with Gasteiger partial charge in [-0.3, -0.25) is 4.79 Å². The maximum absolute atomic E-state index is 11.7. The second-order valence-corrected chi connectivity index (χ2v) is 4.69. The summed E-state index contributed by atoms with van der Waals surface area (Å²) in [5.74, 6) is -0.0221. The lowest BCUT2D eigenvalue weighted by Crippen LogP contribution is -2.21. The van der Waals surface area contributed by atoms with E-state index in [4.69, 9.17) is 17.3 Å². The normalized spacial score (nSPS) is 10.7. The van der Waals surface area contributed by atoms with Gasteiger partial charge in [0.05, 0.1) is 10.7 Å².